The Labute approximate surface area is 126 Å². The molecule has 1 aliphatic carbocycles. The van der Waals surface area contributed by atoms with Crippen LogP contribution in [0.2, 0.25) is 0 Å². The van der Waals surface area contributed by atoms with E-state index in [0.717, 1.165) is 24.3 Å². The lowest BCUT2D eigenvalue weighted by molar-refractivity contribution is -0.113. The lowest BCUT2D eigenvalue weighted by atomic mass is 10.3. The van der Waals surface area contributed by atoms with Crippen molar-refractivity contribution in [3.63, 3.8) is 0 Å². The minimum atomic E-state index is -0.115. The van der Waals surface area contributed by atoms with Crippen molar-refractivity contribution in [2.75, 3.05) is 18.2 Å². The number of thioether (sulfide) groups is 1. The van der Waals surface area contributed by atoms with Gasteiger partial charge in [0.1, 0.15) is 5.75 Å². The van der Waals surface area contributed by atoms with E-state index >= 15 is 0 Å². The lowest BCUT2D eigenvalue weighted by Crippen LogP contribution is -2.13. The molecule has 1 fully saturated rings. The number of hydrogen-bond acceptors (Lipinski definition) is 6. The van der Waals surface area contributed by atoms with Crippen molar-refractivity contribution in [2.24, 2.45) is 0 Å². The summed E-state index contributed by atoms with van der Waals surface area (Å²) in [5.74, 6) is 1.99. The maximum Gasteiger partial charge on any atom is 0.277 e. The molecular weight excluding hydrogens is 290 g/mol. The van der Waals surface area contributed by atoms with Crippen LogP contribution in [-0.4, -0.2) is 29.0 Å². The first-order chi connectivity index (χ1) is 10.2. The highest BCUT2D eigenvalue weighted by Crippen LogP contribution is 2.39. The fourth-order valence-electron chi connectivity index (χ4n) is 1.77. The molecule has 0 unspecified atom stereocenters. The van der Waals surface area contributed by atoms with Gasteiger partial charge in [0.05, 0.1) is 12.9 Å². The van der Waals surface area contributed by atoms with Crippen LogP contribution in [0, 0.1) is 0 Å². The molecule has 21 heavy (non-hydrogen) atoms. The van der Waals surface area contributed by atoms with Crippen molar-refractivity contribution in [1.82, 2.24) is 10.2 Å². The summed E-state index contributed by atoms with van der Waals surface area (Å²) in [4.78, 5) is 11.8. The lowest BCUT2D eigenvalue weighted by Gasteiger charge is -2.05. The first-order valence-corrected chi connectivity index (χ1v) is 7.63. The third-order valence-electron chi connectivity index (χ3n) is 3.05. The summed E-state index contributed by atoms with van der Waals surface area (Å²) in [5.41, 5.74) is 0.727. The topological polar surface area (TPSA) is 77.2 Å². The second-order valence-electron chi connectivity index (χ2n) is 4.75. The zero-order valence-electron chi connectivity index (χ0n) is 11.5. The fraction of sp³-hybridized carbons (Fsp3) is 0.357. The van der Waals surface area contributed by atoms with Crippen LogP contribution in [0.15, 0.2) is 33.9 Å². The van der Waals surface area contributed by atoms with Crippen LogP contribution < -0.4 is 10.1 Å². The average molecular weight is 305 g/mol. The number of anilines is 1. The van der Waals surface area contributed by atoms with Gasteiger partial charge in [-0.25, -0.2) is 0 Å². The van der Waals surface area contributed by atoms with Crippen LogP contribution >= 0.6 is 11.8 Å². The number of ether oxygens (including phenoxy) is 1. The minimum absolute atomic E-state index is 0.115. The summed E-state index contributed by atoms with van der Waals surface area (Å²) in [6.07, 6.45) is 2.23. The van der Waals surface area contributed by atoms with Crippen LogP contribution in [-0.2, 0) is 4.79 Å². The number of methoxy groups -OCH3 is 1. The Bertz CT molecular complexity index is 623. The molecule has 0 saturated heterocycles. The Balaban J connectivity index is 1.48. The van der Waals surface area contributed by atoms with Gasteiger partial charge in [0.25, 0.3) is 5.22 Å². The van der Waals surface area contributed by atoms with E-state index in [9.17, 15) is 4.79 Å². The Morgan fingerprint density at radius 1 is 1.38 bits per heavy atom. The molecule has 0 atom stereocenters. The van der Waals surface area contributed by atoms with Gasteiger partial charge in [-0.1, -0.05) is 11.8 Å². The number of carbonyl (C=O) groups excluding carboxylic acids is 1. The smallest absolute Gasteiger partial charge is 0.277 e. The third-order valence-corrected chi connectivity index (χ3v) is 3.87. The van der Waals surface area contributed by atoms with E-state index in [1.807, 2.05) is 0 Å². The molecule has 1 aromatic heterocycles. The van der Waals surface area contributed by atoms with Crippen LogP contribution in [0.25, 0.3) is 0 Å². The summed E-state index contributed by atoms with van der Waals surface area (Å²) in [6, 6.07) is 7.17. The molecule has 0 radical (unpaired) electrons. The number of amides is 1. The Morgan fingerprint density at radius 2 is 2.14 bits per heavy atom. The van der Waals surface area contributed by atoms with Crippen molar-refractivity contribution in [3.8, 4) is 5.75 Å². The molecule has 0 bridgehead atoms. The second-order valence-corrected chi connectivity index (χ2v) is 5.67. The van der Waals surface area contributed by atoms with Gasteiger partial charge < -0.3 is 14.5 Å². The van der Waals surface area contributed by atoms with Crippen molar-refractivity contribution in [1.29, 1.82) is 0 Å². The van der Waals surface area contributed by atoms with Gasteiger partial charge in [-0.2, -0.15) is 0 Å². The first kappa shape index (κ1) is 13.9. The number of carbonyl (C=O) groups is 1. The van der Waals surface area contributed by atoms with Gasteiger partial charge >= 0.3 is 0 Å². The maximum atomic E-state index is 11.8. The fourth-order valence-corrected chi connectivity index (χ4v) is 2.34. The summed E-state index contributed by atoms with van der Waals surface area (Å²) in [7, 11) is 1.60. The highest BCUT2D eigenvalue weighted by atomic mass is 32.2. The normalized spacial score (nSPS) is 14.0. The largest absolute Gasteiger partial charge is 0.497 e. The van der Waals surface area contributed by atoms with Gasteiger partial charge in [0.15, 0.2) is 0 Å². The van der Waals surface area contributed by atoms with Crippen LogP contribution in [0.4, 0.5) is 5.69 Å². The molecule has 1 heterocycles. The number of aromatic nitrogens is 2. The van der Waals surface area contributed by atoms with Crippen molar-refractivity contribution in [3.05, 3.63) is 30.2 Å². The molecule has 1 aromatic carbocycles. The van der Waals surface area contributed by atoms with E-state index in [1.54, 1.807) is 31.4 Å². The van der Waals surface area contributed by atoms with Gasteiger partial charge in [-0.05, 0) is 37.1 Å². The molecule has 1 saturated carbocycles. The van der Waals surface area contributed by atoms with Gasteiger partial charge in [-0.3, -0.25) is 4.79 Å². The van der Waals surface area contributed by atoms with Crippen molar-refractivity contribution < 1.29 is 13.9 Å². The molecule has 2 aromatic rings. The highest BCUT2D eigenvalue weighted by molar-refractivity contribution is 7.99. The van der Waals surface area contributed by atoms with E-state index in [2.05, 4.69) is 15.5 Å². The SMILES string of the molecule is COc1ccc(NC(=O)CSc2nnc(C3CC3)o2)cc1. The molecule has 7 heteroatoms. The Morgan fingerprint density at radius 3 is 2.81 bits per heavy atom. The maximum absolute atomic E-state index is 11.8. The van der Waals surface area contributed by atoms with Crippen molar-refractivity contribution >= 4 is 23.4 Å². The van der Waals surface area contributed by atoms with E-state index < -0.39 is 0 Å². The predicted octanol–water partition coefficient (Wildman–Crippen LogP) is 2.69. The molecule has 3 rings (SSSR count). The molecule has 6 nitrogen and oxygen atoms in total. The molecule has 1 aliphatic rings. The van der Waals surface area contributed by atoms with Crippen LogP contribution in [0.1, 0.15) is 24.7 Å². The summed E-state index contributed by atoms with van der Waals surface area (Å²) >= 11 is 1.24. The highest BCUT2D eigenvalue weighted by Gasteiger charge is 2.29. The second kappa shape index (κ2) is 6.17. The molecule has 1 N–H and O–H groups in total. The predicted molar refractivity (Wildman–Crippen MR) is 78.6 cm³/mol. The summed E-state index contributed by atoms with van der Waals surface area (Å²) in [5, 5.41) is 11.2. The van der Waals surface area contributed by atoms with Gasteiger partial charge in [-0.15, -0.1) is 10.2 Å². The molecule has 110 valence electrons. The average Bonchev–Trinajstić information content (AvgIpc) is 3.25. The van der Waals surface area contributed by atoms with Crippen molar-refractivity contribution in [2.45, 2.75) is 24.0 Å². The molecule has 0 aliphatic heterocycles. The standard InChI is InChI=1S/C14H15N3O3S/c1-19-11-6-4-10(5-7-11)15-12(18)8-21-14-17-16-13(20-14)9-2-3-9/h4-7,9H,2-3,8H2,1H3,(H,15,18). The minimum Gasteiger partial charge on any atom is -0.497 e. The third kappa shape index (κ3) is 3.75. The van der Waals surface area contributed by atoms with Crippen LogP contribution in [0.3, 0.4) is 0 Å². The number of nitrogens with zero attached hydrogens (tertiary/aromatic N) is 2. The monoisotopic (exact) mass is 305 g/mol. The van der Waals surface area contributed by atoms with Crippen LogP contribution in [0.5, 0.6) is 5.75 Å². The zero-order chi connectivity index (χ0) is 14.7. The Hall–Kier alpha value is -2.02. The van der Waals surface area contributed by atoms with Gasteiger partial charge in [0, 0.05) is 11.6 Å². The number of nitrogens with one attached hydrogen (secondary N) is 1. The Kier molecular flexibility index (Phi) is 4.10. The molecule has 1 amide bonds. The van der Waals surface area contributed by atoms with Gasteiger partial charge in [0.2, 0.25) is 11.8 Å². The number of benzene rings is 1. The summed E-state index contributed by atoms with van der Waals surface area (Å²) in [6.45, 7) is 0. The van der Waals surface area contributed by atoms with E-state index in [4.69, 9.17) is 9.15 Å². The molecule has 0 spiro atoms. The van der Waals surface area contributed by atoms with E-state index in [1.165, 1.54) is 11.8 Å². The van der Waals surface area contributed by atoms with E-state index in [0.29, 0.717) is 17.0 Å². The summed E-state index contributed by atoms with van der Waals surface area (Å²) < 4.78 is 10.5. The zero-order valence-corrected chi connectivity index (χ0v) is 12.4. The number of hydrogen-bond donors (Lipinski definition) is 1. The quantitative estimate of drug-likeness (QED) is 0.827. The molecular formula is C14H15N3O3S. The van der Waals surface area contributed by atoms with E-state index in [-0.39, 0.29) is 11.7 Å². The first-order valence-electron chi connectivity index (χ1n) is 6.64. The number of rotatable bonds is 6.